The molecule has 1 saturated carbocycles. The van der Waals surface area contributed by atoms with E-state index in [0.717, 1.165) is 44.9 Å². The van der Waals surface area contributed by atoms with Gasteiger partial charge in [0.05, 0.1) is 6.54 Å². The molecule has 2 fully saturated rings. The molecule has 0 radical (unpaired) electrons. The van der Waals surface area contributed by atoms with Crippen LogP contribution in [0.2, 0.25) is 0 Å². The van der Waals surface area contributed by atoms with Crippen LogP contribution in [0.15, 0.2) is 0 Å². The van der Waals surface area contributed by atoms with Crippen LogP contribution in [0, 0.1) is 11.3 Å². The molecular weight excluding hydrogens is 331 g/mol. The fourth-order valence-electron chi connectivity index (χ4n) is 4.26. The highest BCUT2D eigenvalue weighted by Crippen LogP contribution is 2.38. The fourth-order valence-corrected chi connectivity index (χ4v) is 4.26. The molecule has 0 spiro atoms. The van der Waals surface area contributed by atoms with Crippen LogP contribution in [-0.2, 0) is 4.79 Å². The third-order valence-corrected chi connectivity index (χ3v) is 5.87. The van der Waals surface area contributed by atoms with Gasteiger partial charge in [-0.1, -0.05) is 19.3 Å². The van der Waals surface area contributed by atoms with E-state index in [9.17, 15) is 18.0 Å². The summed E-state index contributed by atoms with van der Waals surface area (Å²) in [5.41, 5.74) is 5.90. The van der Waals surface area contributed by atoms with Gasteiger partial charge in [0, 0.05) is 13.0 Å². The maximum atomic E-state index is 12.4. The molecule has 0 aromatic carbocycles. The van der Waals surface area contributed by atoms with Crippen LogP contribution in [0.3, 0.4) is 0 Å². The molecule has 3 N–H and O–H groups in total. The molecule has 0 unspecified atom stereocenters. The summed E-state index contributed by atoms with van der Waals surface area (Å²) in [6, 6.07) is 0. The third kappa shape index (κ3) is 7.13. The number of likely N-dealkylation sites (tertiary alicyclic amines) is 1. The van der Waals surface area contributed by atoms with Crippen LogP contribution in [0.4, 0.5) is 13.2 Å². The highest BCUT2D eigenvalue weighted by Gasteiger charge is 2.34. The average Bonchev–Trinajstić information content (AvgIpc) is 2.56. The van der Waals surface area contributed by atoms with Gasteiger partial charge in [0.1, 0.15) is 0 Å². The van der Waals surface area contributed by atoms with E-state index in [2.05, 4.69) is 5.32 Å². The SMILES string of the molecule is NCC1(CC(=O)NCCC2CCN(CC(F)(F)F)CC2)CCCCC1. The van der Waals surface area contributed by atoms with Crippen molar-refractivity contribution in [1.82, 2.24) is 10.2 Å². The fraction of sp³-hybridized carbons (Fsp3) is 0.944. The van der Waals surface area contributed by atoms with Crippen LogP contribution < -0.4 is 11.1 Å². The Hall–Kier alpha value is -0.820. The Bertz CT molecular complexity index is 414. The smallest absolute Gasteiger partial charge is 0.356 e. The lowest BCUT2D eigenvalue weighted by molar-refractivity contribution is -0.148. The number of rotatable bonds is 7. The summed E-state index contributed by atoms with van der Waals surface area (Å²) in [7, 11) is 0. The van der Waals surface area contributed by atoms with Gasteiger partial charge in [0.25, 0.3) is 0 Å². The second kappa shape index (κ2) is 9.21. The number of carbonyl (C=O) groups excluding carboxylic acids is 1. The molecule has 2 rings (SSSR count). The number of piperidine rings is 1. The van der Waals surface area contributed by atoms with E-state index >= 15 is 0 Å². The molecule has 0 aromatic rings. The molecule has 0 aromatic heterocycles. The average molecular weight is 363 g/mol. The molecular formula is C18H32F3N3O. The van der Waals surface area contributed by atoms with E-state index in [0.29, 0.717) is 38.5 Å². The third-order valence-electron chi connectivity index (χ3n) is 5.87. The molecule has 1 amide bonds. The first-order chi connectivity index (χ1) is 11.8. The largest absolute Gasteiger partial charge is 0.401 e. The van der Waals surface area contributed by atoms with E-state index in [-0.39, 0.29) is 11.3 Å². The van der Waals surface area contributed by atoms with Crippen molar-refractivity contribution in [1.29, 1.82) is 0 Å². The molecule has 25 heavy (non-hydrogen) atoms. The Morgan fingerprint density at radius 3 is 2.36 bits per heavy atom. The minimum Gasteiger partial charge on any atom is -0.356 e. The first-order valence-electron chi connectivity index (χ1n) is 9.58. The van der Waals surface area contributed by atoms with Crippen LogP contribution in [0.5, 0.6) is 0 Å². The zero-order valence-electron chi connectivity index (χ0n) is 15.0. The Morgan fingerprint density at radius 2 is 1.80 bits per heavy atom. The van der Waals surface area contributed by atoms with Crippen molar-refractivity contribution in [2.75, 3.05) is 32.7 Å². The van der Waals surface area contributed by atoms with Crippen LogP contribution in [0.25, 0.3) is 0 Å². The number of carbonyl (C=O) groups is 1. The number of hydrogen-bond acceptors (Lipinski definition) is 3. The first-order valence-corrected chi connectivity index (χ1v) is 9.58. The standard InChI is InChI=1S/C18H32F3N3O/c19-18(20,21)14-24-10-5-15(6-11-24)4-9-23-16(25)12-17(13-22)7-2-1-3-8-17/h15H,1-14,22H2,(H,23,25). The van der Waals surface area contributed by atoms with Gasteiger partial charge < -0.3 is 11.1 Å². The summed E-state index contributed by atoms with van der Waals surface area (Å²) >= 11 is 0. The quantitative estimate of drug-likeness (QED) is 0.731. The van der Waals surface area contributed by atoms with Gasteiger partial charge >= 0.3 is 6.18 Å². The zero-order valence-corrected chi connectivity index (χ0v) is 15.0. The van der Waals surface area contributed by atoms with Crippen molar-refractivity contribution < 1.29 is 18.0 Å². The van der Waals surface area contributed by atoms with Gasteiger partial charge in [-0.2, -0.15) is 13.2 Å². The number of hydrogen-bond donors (Lipinski definition) is 2. The minimum absolute atomic E-state index is 0.0226. The predicted molar refractivity (Wildman–Crippen MR) is 92.0 cm³/mol. The van der Waals surface area contributed by atoms with Crippen molar-refractivity contribution in [2.45, 2.75) is 64.0 Å². The van der Waals surface area contributed by atoms with Crippen molar-refractivity contribution in [3.63, 3.8) is 0 Å². The highest BCUT2D eigenvalue weighted by molar-refractivity contribution is 5.76. The molecule has 0 bridgehead atoms. The van der Waals surface area contributed by atoms with E-state index in [1.54, 1.807) is 0 Å². The first kappa shape index (κ1) is 20.5. The van der Waals surface area contributed by atoms with E-state index < -0.39 is 12.7 Å². The maximum Gasteiger partial charge on any atom is 0.401 e. The van der Waals surface area contributed by atoms with Crippen LogP contribution in [-0.4, -0.2) is 49.7 Å². The lowest BCUT2D eigenvalue weighted by atomic mass is 9.71. The summed E-state index contributed by atoms with van der Waals surface area (Å²) in [4.78, 5) is 13.7. The highest BCUT2D eigenvalue weighted by atomic mass is 19.4. The Balaban J connectivity index is 1.62. The monoisotopic (exact) mass is 363 g/mol. The second-order valence-corrected chi connectivity index (χ2v) is 7.91. The molecule has 1 saturated heterocycles. The van der Waals surface area contributed by atoms with Gasteiger partial charge in [-0.05, 0) is 63.1 Å². The second-order valence-electron chi connectivity index (χ2n) is 7.91. The molecule has 1 aliphatic carbocycles. The Labute approximate surface area is 148 Å². The zero-order chi connectivity index (χ0) is 18.3. The number of nitrogens with zero attached hydrogens (tertiary/aromatic N) is 1. The lowest BCUT2D eigenvalue weighted by Gasteiger charge is -2.35. The lowest BCUT2D eigenvalue weighted by Crippen LogP contribution is -2.41. The Morgan fingerprint density at radius 1 is 1.16 bits per heavy atom. The molecule has 2 aliphatic rings. The summed E-state index contributed by atoms with van der Waals surface area (Å²) in [5.74, 6) is 0.477. The Kier molecular flexibility index (Phi) is 7.55. The van der Waals surface area contributed by atoms with Gasteiger partial charge in [-0.15, -0.1) is 0 Å². The van der Waals surface area contributed by atoms with E-state index in [1.807, 2.05) is 0 Å². The maximum absolute atomic E-state index is 12.4. The molecule has 1 aliphatic heterocycles. The van der Waals surface area contributed by atoms with Gasteiger partial charge in [0.15, 0.2) is 0 Å². The molecule has 7 heteroatoms. The number of nitrogens with two attached hydrogens (primary N) is 1. The van der Waals surface area contributed by atoms with Crippen molar-refractivity contribution in [3.8, 4) is 0 Å². The van der Waals surface area contributed by atoms with Gasteiger partial charge in [0.2, 0.25) is 5.91 Å². The summed E-state index contributed by atoms with van der Waals surface area (Å²) < 4.78 is 37.2. The molecule has 1 heterocycles. The normalized spacial score (nSPS) is 22.7. The number of nitrogens with one attached hydrogen (secondary N) is 1. The number of halogens is 3. The van der Waals surface area contributed by atoms with Crippen LogP contribution in [0.1, 0.15) is 57.8 Å². The minimum atomic E-state index is -4.11. The number of amides is 1. The van der Waals surface area contributed by atoms with Gasteiger partial charge in [-0.25, -0.2) is 0 Å². The van der Waals surface area contributed by atoms with Gasteiger partial charge in [-0.3, -0.25) is 9.69 Å². The predicted octanol–water partition coefficient (Wildman–Crippen LogP) is 3.07. The molecule has 4 nitrogen and oxygen atoms in total. The van der Waals surface area contributed by atoms with E-state index in [1.165, 1.54) is 11.3 Å². The summed E-state index contributed by atoms with van der Waals surface area (Å²) in [5, 5.41) is 3.00. The topological polar surface area (TPSA) is 58.4 Å². The summed E-state index contributed by atoms with van der Waals surface area (Å²) in [6.45, 7) is 1.36. The number of alkyl halides is 3. The van der Waals surface area contributed by atoms with Crippen molar-refractivity contribution in [3.05, 3.63) is 0 Å². The van der Waals surface area contributed by atoms with Crippen molar-refractivity contribution >= 4 is 5.91 Å². The van der Waals surface area contributed by atoms with Crippen molar-refractivity contribution in [2.24, 2.45) is 17.1 Å². The van der Waals surface area contributed by atoms with E-state index in [4.69, 9.17) is 5.73 Å². The molecule has 146 valence electrons. The van der Waals surface area contributed by atoms with Crippen LogP contribution >= 0.6 is 0 Å². The summed E-state index contributed by atoms with van der Waals surface area (Å²) in [6.07, 6.45) is 4.41. The molecule has 0 atom stereocenters.